The summed E-state index contributed by atoms with van der Waals surface area (Å²) in [7, 11) is 3.67. The van der Waals surface area contributed by atoms with Crippen molar-refractivity contribution < 1.29 is 4.74 Å². The monoisotopic (exact) mass is 262 g/mol. The van der Waals surface area contributed by atoms with Gasteiger partial charge in [-0.1, -0.05) is 0 Å². The van der Waals surface area contributed by atoms with Crippen molar-refractivity contribution in [3.8, 4) is 5.75 Å². The van der Waals surface area contributed by atoms with Crippen molar-refractivity contribution in [3.63, 3.8) is 0 Å². The van der Waals surface area contributed by atoms with Crippen LogP contribution in [0.2, 0.25) is 0 Å². The summed E-state index contributed by atoms with van der Waals surface area (Å²) in [6.45, 7) is 4.48. The van der Waals surface area contributed by atoms with Crippen LogP contribution < -0.4 is 10.5 Å². The molecule has 1 aromatic heterocycles. The van der Waals surface area contributed by atoms with E-state index in [1.165, 1.54) is 12.8 Å². The fourth-order valence-electron chi connectivity index (χ4n) is 2.15. The zero-order chi connectivity index (χ0) is 14.0. The van der Waals surface area contributed by atoms with Gasteiger partial charge in [-0.2, -0.15) is 0 Å². The number of aryl methyl sites for hydroxylation is 1. The third kappa shape index (κ3) is 2.97. The van der Waals surface area contributed by atoms with Crippen LogP contribution in [0.15, 0.2) is 11.2 Å². The number of hydrogen-bond donors (Lipinski definition) is 1. The Labute approximate surface area is 114 Å². The first kappa shape index (κ1) is 13.6. The van der Waals surface area contributed by atoms with E-state index in [2.05, 4.69) is 9.98 Å². The lowest BCUT2D eigenvalue weighted by molar-refractivity contribution is 0.407. The van der Waals surface area contributed by atoms with E-state index >= 15 is 0 Å². The maximum absolute atomic E-state index is 5.97. The van der Waals surface area contributed by atoms with Crippen LogP contribution in [0.4, 0.5) is 0 Å². The van der Waals surface area contributed by atoms with Crippen molar-refractivity contribution >= 4 is 5.96 Å². The van der Waals surface area contributed by atoms with Gasteiger partial charge in [-0.25, -0.2) is 4.99 Å². The summed E-state index contributed by atoms with van der Waals surface area (Å²) < 4.78 is 5.39. The third-order valence-corrected chi connectivity index (χ3v) is 3.60. The largest absolute Gasteiger partial charge is 0.496 e. The normalized spacial score (nSPS) is 15.5. The van der Waals surface area contributed by atoms with E-state index in [1.54, 1.807) is 7.11 Å². The maximum Gasteiger partial charge on any atom is 0.191 e. The SMILES string of the molecule is COc1c(C)cnc(CN=C(N)N(C)C2CC2)c1C. The number of aliphatic imine (C=N–C) groups is 1. The van der Waals surface area contributed by atoms with Gasteiger partial charge in [-0.15, -0.1) is 0 Å². The average Bonchev–Trinajstić information content (AvgIpc) is 3.21. The van der Waals surface area contributed by atoms with Gasteiger partial charge in [-0.3, -0.25) is 4.98 Å². The summed E-state index contributed by atoms with van der Waals surface area (Å²) in [6, 6.07) is 0.574. The average molecular weight is 262 g/mol. The van der Waals surface area contributed by atoms with Gasteiger partial charge in [0.25, 0.3) is 0 Å². The van der Waals surface area contributed by atoms with Crippen LogP contribution >= 0.6 is 0 Å². The van der Waals surface area contributed by atoms with Gasteiger partial charge < -0.3 is 15.4 Å². The van der Waals surface area contributed by atoms with Gasteiger partial charge >= 0.3 is 0 Å². The molecular formula is C14H22N4O. The van der Waals surface area contributed by atoms with Crippen LogP contribution in [-0.4, -0.2) is 36.0 Å². The van der Waals surface area contributed by atoms with E-state index in [1.807, 2.05) is 32.0 Å². The number of pyridine rings is 1. The van der Waals surface area contributed by atoms with Crippen LogP contribution in [0.1, 0.15) is 29.7 Å². The van der Waals surface area contributed by atoms with Crippen LogP contribution in [0.25, 0.3) is 0 Å². The molecule has 1 heterocycles. The predicted molar refractivity (Wildman–Crippen MR) is 76.4 cm³/mol. The highest BCUT2D eigenvalue weighted by Gasteiger charge is 2.27. The minimum atomic E-state index is 0.491. The second-order valence-electron chi connectivity index (χ2n) is 5.06. The van der Waals surface area contributed by atoms with E-state index in [0.717, 1.165) is 22.6 Å². The number of nitrogens with zero attached hydrogens (tertiary/aromatic N) is 3. The highest BCUT2D eigenvalue weighted by Crippen LogP contribution is 2.26. The van der Waals surface area contributed by atoms with Crippen LogP contribution in [0.5, 0.6) is 5.75 Å². The van der Waals surface area contributed by atoms with Gasteiger partial charge in [0.2, 0.25) is 0 Å². The van der Waals surface area contributed by atoms with E-state index in [4.69, 9.17) is 10.5 Å². The van der Waals surface area contributed by atoms with Gasteiger partial charge in [0.15, 0.2) is 5.96 Å². The number of guanidine groups is 1. The second-order valence-corrected chi connectivity index (χ2v) is 5.06. The number of methoxy groups -OCH3 is 1. The Balaban J connectivity index is 2.12. The van der Waals surface area contributed by atoms with Crippen molar-refractivity contribution in [2.45, 2.75) is 39.3 Å². The molecule has 0 aromatic carbocycles. The van der Waals surface area contributed by atoms with Crippen molar-refractivity contribution in [2.24, 2.45) is 10.7 Å². The summed E-state index contributed by atoms with van der Waals surface area (Å²) >= 11 is 0. The molecule has 0 saturated heterocycles. The van der Waals surface area contributed by atoms with E-state index < -0.39 is 0 Å². The Hall–Kier alpha value is -1.78. The number of aromatic nitrogens is 1. The summed E-state index contributed by atoms with van der Waals surface area (Å²) in [5.74, 6) is 1.47. The molecule has 0 aliphatic heterocycles. The number of ether oxygens (including phenoxy) is 1. The quantitative estimate of drug-likeness (QED) is 0.661. The first-order valence-corrected chi connectivity index (χ1v) is 6.56. The summed E-state index contributed by atoms with van der Waals surface area (Å²) in [5, 5.41) is 0. The molecule has 1 fully saturated rings. The van der Waals surface area contributed by atoms with Crippen LogP contribution in [0.3, 0.4) is 0 Å². The minimum Gasteiger partial charge on any atom is -0.496 e. The molecule has 19 heavy (non-hydrogen) atoms. The van der Waals surface area contributed by atoms with Crippen molar-refractivity contribution in [3.05, 3.63) is 23.0 Å². The molecule has 0 bridgehead atoms. The van der Waals surface area contributed by atoms with E-state index in [0.29, 0.717) is 18.5 Å². The Morgan fingerprint density at radius 3 is 2.79 bits per heavy atom. The molecule has 0 unspecified atom stereocenters. The van der Waals surface area contributed by atoms with Crippen molar-refractivity contribution in [1.82, 2.24) is 9.88 Å². The molecule has 0 spiro atoms. The molecular weight excluding hydrogens is 240 g/mol. The van der Waals surface area contributed by atoms with Gasteiger partial charge in [-0.05, 0) is 26.7 Å². The van der Waals surface area contributed by atoms with Crippen molar-refractivity contribution in [2.75, 3.05) is 14.2 Å². The highest BCUT2D eigenvalue weighted by molar-refractivity contribution is 5.78. The number of rotatable bonds is 4. The predicted octanol–water partition coefficient (Wildman–Crippen LogP) is 1.62. The fourth-order valence-corrected chi connectivity index (χ4v) is 2.15. The lowest BCUT2D eigenvalue weighted by Gasteiger charge is -2.17. The Bertz CT molecular complexity index is 494. The molecule has 104 valence electrons. The van der Waals surface area contributed by atoms with Gasteiger partial charge in [0.05, 0.1) is 19.3 Å². The zero-order valence-corrected chi connectivity index (χ0v) is 12.1. The van der Waals surface area contributed by atoms with Gasteiger partial charge in [0.1, 0.15) is 5.75 Å². The van der Waals surface area contributed by atoms with E-state index in [9.17, 15) is 0 Å². The van der Waals surface area contributed by atoms with Crippen molar-refractivity contribution in [1.29, 1.82) is 0 Å². The number of nitrogens with two attached hydrogens (primary N) is 1. The third-order valence-electron chi connectivity index (χ3n) is 3.60. The molecule has 5 nitrogen and oxygen atoms in total. The van der Waals surface area contributed by atoms with E-state index in [-0.39, 0.29) is 0 Å². The second kappa shape index (κ2) is 5.47. The van der Waals surface area contributed by atoms with Crippen LogP contribution in [-0.2, 0) is 6.54 Å². The smallest absolute Gasteiger partial charge is 0.191 e. The summed E-state index contributed by atoms with van der Waals surface area (Å²) in [6.07, 6.45) is 4.24. The molecule has 1 aromatic rings. The standard InChI is InChI=1S/C14H22N4O/c1-9-7-16-12(10(2)13(9)19-4)8-17-14(15)18(3)11-5-6-11/h7,11H,5-6,8H2,1-4H3,(H2,15,17). The summed E-state index contributed by atoms with van der Waals surface area (Å²) in [4.78, 5) is 10.9. The fraction of sp³-hybridized carbons (Fsp3) is 0.571. The Morgan fingerprint density at radius 2 is 2.21 bits per heavy atom. The topological polar surface area (TPSA) is 63.7 Å². The lowest BCUT2D eigenvalue weighted by Crippen LogP contribution is -2.35. The molecule has 5 heteroatoms. The van der Waals surface area contributed by atoms with Crippen LogP contribution in [0, 0.1) is 13.8 Å². The first-order chi connectivity index (χ1) is 9.04. The Morgan fingerprint density at radius 1 is 1.53 bits per heavy atom. The molecule has 1 aliphatic carbocycles. The Kier molecular flexibility index (Phi) is 3.93. The highest BCUT2D eigenvalue weighted by atomic mass is 16.5. The lowest BCUT2D eigenvalue weighted by atomic mass is 10.1. The molecule has 0 atom stereocenters. The minimum absolute atomic E-state index is 0.491. The van der Waals surface area contributed by atoms with Gasteiger partial charge in [0, 0.05) is 30.4 Å². The number of hydrogen-bond acceptors (Lipinski definition) is 3. The summed E-state index contributed by atoms with van der Waals surface area (Å²) in [5.41, 5.74) is 8.96. The first-order valence-electron chi connectivity index (χ1n) is 6.56. The molecule has 1 saturated carbocycles. The molecule has 0 radical (unpaired) electrons. The molecule has 0 amide bonds. The molecule has 2 rings (SSSR count). The zero-order valence-electron chi connectivity index (χ0n) is 12.1. The molecule has 1 aliphatic rings. The molecule has 2 N–H and O–H groups in total. The maximum atomic E-state index is 5.97.